The monoisotopic (exact) mass is 272 g/mol. The van der Waals surface area contributed by atoms with Crippen molar-refractivity contribution < 1.29 is 19.3 Å². The van der Waals surface area contributed by atoms with E-state index in [2.05, 4.69) is 0 Å². The molecule has 0 saturated heterocycles. The second-order valence-electron chi connectivity index (χ2n) is 4.77. The highest BCUT2D eigenvalue weighted by molar-refractivity contribution is 5.98. The lowest BCUT2D eigenvalue weighted by Gasteiger charge is -2.19. The first-order valence-electron chi connectivity index (χ1n) is 6.35. The fourth-order valence-corrected chi connectivity index (χ4v) is 2.50. The summed E-state index contributed by atoms with van der Waals surface area (Å²) < 4.78 is 16.2. The van der Waals surface area contributed by atoms with Gasteiger partial charge < -0.3 is 19.3 Å². The topological polar surface area (TPSA) is 47.9 Å². The zero-order valence-electron chi connectivity index (χ0n) is 11.7. The van der Waals surface area contributed by atoms with Gasteiger partial charge in [0.05, 0.1) is 20.0 Å². The van der Waals surface area contributed by atoms with Gasteiger partial charge >= 0.3 is 0 Å². The van der Waals surface area contributed by atoms with Gasteiger partial charge in [-0.05, 0) is 25.1 Å². The molecule has 0 radical (unpaired) electrons. The minimum atomic E-state index is 0.234. The molecule has 1 N–H and O–H groups in total. The molecule has 0 amide bonds. The minimum Gasteiger partial charge on any atom is -0.507 e. The van der Waals surface area contributed by atoms with E-state index < -0.39 is 0 Å². The van der Waals surface area contributed by atoms with Crippen LogP contribution in [-0.4, -0.2) is 19.3 Å². The molecule has 0 aromatic heterocycles. The van der Waals surface area contributed by atoms with Crippen LogP contribution in [0.5, 0.6) is 17.2 Å². The normalized spacial score (nSPS) is 13.4. The Kier molecular flexibility index (Phi) is 2.93. The maximum atomic E-state index is 10.5. The van der Waals surface area contributed by atoms with Gasteiger partial charge in [0.15, 0.2) is 0 Å². The van der Waals surface area contributed by atoms with Crippen LogP contribution in [0.25, 0.3) is 16.8 Å². The summed E-state index contributed by atoms with van der Waals surface area (Å²) in [4.78, 5) is 0. The molecule has 4 nitrogen and oxygen atoms in total. The number of hydrogen-bond donors (Lipinski definition) is 1. The summed E-state index contributed by atoms with van der Waals surface area (Å²) in [5.74, 6) is 2.35. The lowest BCUT2D eigenvalue weighted by molar-refractivity contribution is 0.199. The lowest BCUT2D eigenvalue weighted by Crippen LogP contribution is -2.01. The van der Waals surface area contributed by atoms with E-state index in [0.717, 1.165) is 22.3 Å². The number of methoxy groups -OCH3 is 2. The molecular formula is C16H16O4. The summed E-state index contributed by atoms with van der Waals surface area (Å²) in [5.41, 5.74) is 1.75. The Morgan fingerprint density at radius 2 is 1.90 bits per heavy atom. The standard InChI is InChI=1S/C16H16O4/c1-9-4-12-10(8-20-9)5-13-14(16(12)17)6-11(18-2)7-15(13)19-3/h4-7,17H,8H2,1-3H3. The molecule has 0 fully saturated rings. The quantitative estimate of drug-likeness (QED) is 0.909. The maximum Gasteiger partial charge on any atom is 0.131 e. The molecule has 1 aliphatic rings. The molecule has 0 unspecified atom stereocenters. The largest absolute Gasteiger partial charge is 0.507 e. The first-order chi connectivity index (χ1) is 9.63. The highest BCUT2D eigenvalue weighted by atomic mass is 16.5. The lowest BCUT2D eigenvalue weighted by atomic mass is 9.97. The number of hydrogen-bond acceptors (Lipinski definition) is 4. The molecular weight excluding hydrogens is 256 g/mol. The van der Waals surface area contributed by atoms with Crippen molar-refractivity contribution in [3.63, 3.8) is 0 Å². The number of phenols is 1. The molecule has 2 aromatic carbocycles. The third kappa shape index (κ3) is 1.84. The van der Waals surface area contributed by atoms with Crippen LogP contribution >= 0.6 is 0 Å². The van der Waals surface area contributed by atoms with E-state index in [0.29, 0.717) is 23.5 Å². The highest BCUT2D eigenvalue weighted by Gasteiger charge is 2.18. The zero-order chi connectivity index (χ0) is 14.3. The van der Waals surface area contributed by atoms with E-state index in [4.69, 9.17) is 14.2 Å². The first kappa shape index (κ1) is 12.7. The first-order valence-corrected chi connectivity index (χ1v) is 6.35. The Morgan fingerprint density at radius 1 is 1.10 bits per heavy atom. The number of phenolic OH excluding ortho intramolecular Hbond substituents is 1. The average Bonchev–Trinajstić information content (AvgIpc) is 2.47. The van der Waals surface area contributed by atoms with Crippen LogP contribution in [0.2, 0.25) is 0 Å². The average molecular weight is 272 g/mol. The molecule has 1 heterocycles. The fourth-order valence-electron chi connectivity index (χ4n) is 2.50. The number of fused-ring (bicyclic) bond motifs is 2. The molecule has 0 bridgehead atoms. The Morgan fingerprint density at radius 3 is 2.60 bits per heavy atom. The predicted molar refractivity (Wildman–Crippen MR) is 77.2 cm³/mol. The summed E-state index contributed by atoms with van der Waals surface area (Å²) >= 11 is 0. The Bertz CT molecular complexity index is 716. The van der Waals surface area contributed by atoms with Gasteiger partial charge in [-0.1, -0.05) is 0 Å². The Balaban J connectivity index is 2.37. The van der Waals surface area contributed by atoms with E-state index in [-0.39, 0.29) is 5.75 Å². The van der Waals surface area contributed by atoms with Crippen LogP contribution in [0.4, 0.5) is 0 Å². The maximum absolute atomic E-state index is 10.5. The third-order valence-electron chi connectivity index (χ3n) is 3.55. The van der Waals surface area contributed by atoms with Crippen LogP contribution in [0, 0.1) is 0 Å². The van der Waals surface area contributed by atoms with Crippen molar-refractivity contribution in [3.05, 3.63) is 35.1 Å². The van der Waals surface area contributed by atoms with Gasteiger partial charge in [-0.25, -0.2) is 0 Å². The van der Waals surface area contributed by atoms with Crippen LogP contribution < -0.4 is 9.47 Å². The van der Waals surface area contributed by atoms with Crippen LogP contribution in [0.1, 0.15) is 18.1 Å². The van der Waals surface area contributed by atoms with E-state index in [1.165, 1.54) is 0 Å². The number of aromatic hydroxyl groups is 1. The van der Waals surface area contributed by atoms with E-state index in [1.54, 1.807) is 20.3 Å². The highest BCUT2D eigenvalue weighted by Crippen LogP contribution is 2.41. The van der Waals surface area contributed by atoms with Crippen molar-refractivity contribution in [1.29, 1.82) is 0 Å². The Labute approximate surface area is 117 Å². The molecule has 104 valence electrons. The second-order valence-corrected chi connectivity index (χ2v) is 4.77. The number of rotatable bonds is 2. The molecule has 0 spiro atoms. The fraction of sp³-hybridized carbons (Fsp3) is 0.250. The van der Waals surface area contributed by atoms with Crippen molar-refractivity contribution in [1.82, 2.24) is 0 Å². The minimum absolute atomic E-state index is 0.234. The summed E-state index contributed by atoms with van der Waals surface area (Å²) in [6.07, 6.45) is 1.85. The van der Waals surface area contributed by atoms with Gasteiger partial charge in [0.1, 0.15) is 23.9 Å². The smallest absolute Gasteiger partial charge is 0.131 e. The SMILES string of the molecule is COc1cc(OC)c2cc3c(c(O)c2c1)C=C(C)OC3. The van der Waals surface area contributed by atoms with Gasteiger partial charge in [0, 0.05) is 28.0 Å². The third-order valence-corrected chi connectivity index (χ3v) is 3.55. The van der Waals surface area contributed by atoms with Gasteiger partial charge in [-0.15, -0.1) is 0 Å². The molecule has 20 heavy (non-hydrogen) atoms. The van der Waals surface area contributed by atoms with Crippen molar-refractivity contribution in [3.8, 4) is 17.2 Å². The zero-order valence-corrected chi connectivity index (χ0v) is 11.7. The van der Waals surface area contributed by atoms with E-state index >= 15 is 0 Å². The van der Waals surface area contributed by atoms with Gasteiger partial charge in [-0.2, -0.15) is 0 Å². The van der Waals surface area contributed by atoms with Crippen LogP contribution in [-0.2, 0) is 11.3 Å². The van der Waals surface area contributed by atoms with Gasteiger partial charge in [0.2, 0.25) is 0 Å². The number of allylic oxidation sites excluding steroid dienone is 1. The summed E-state index contributed by atoms with van der Waals surface area (Å²) in [6, 6.07) is 5.61. The van der Waals surface area contributed by atoms with Gasteiger partial charge in [-0.3, -0.25) is 0 Å². The van der Waals surface area contributed by atoms with Crippen LogP contribution in [0.15, 0.2) is 24.0 Å². The van der Waals surface area contributed by atoms with E-state index in [1.807, 2.05) is 25.1 Å². The number of ether oxygens (including phenoxy) is 3. The van der Waals surface area contributed by atoms with Crippen molar-refractivity contribution in [2.45, 2.75) is 13.5 Å². The molecule has 0 saturated carbocycles. The molecule has 1 aliphatic heterocycles. The van der Waals surface area contributed by atoms with Crippen molar-refractivity contribution in [2.24, 2.45) is 0 Å². The molecule has 3 rings (SSSR count). The van der Waals surface area contributed by atoms with E-state index in [9.17, 15) is 5.11 Å². The summed E-state index contributed by atoms with van der Waals surface area (Å²) in [7, 11) is 3.19. The molecule has 2 aromatic rings. The Hall–Kier alpha value is -2.36. The molecule has 0 aliphatic carbocycles. The van der Waals surface area contributed by atoms with Crippen molar-refractivity contribution >= 4 is 16.8 Å². The predicted octanol–water partition coefficient (Wildman–Crippen LogP) is 3.45. The molecule has 4 heteroatoms. The summed E-state index contributed by atoms with van der Waals surface area (Å²) in [6.45, 7) is 2.33. The van der Waals surface area contributed by atoms with Crippen LogP contribution in [0.3, 0.4) is 0 Å². The molecule has 0 atom stereocenters. The van der Waals surface area contributed by atoms with Gasteiger partial charge in [0.25, 0.3) is 0 Å². The second kappa shape index (κ2) is 4.63. The number of benzene rings is 2. The summed E-state index contributed by atoms with van der Waals surface area (Å²) in [5, 5.41) is 12.1. The van der Waals surface area contributed by atoms with Crippen molar-refractivity contribution in [2.75, 3.05) is 14.2 Å².